The number of ether oxygens (including phenoxy) is 3. The van der Waals surface area contributed by atoms with E-state index in [-0.39, 0.29) is 29.6 Å². The molecule has 0 N–H and O–H groups in total. The van der Waals surface area contributed by atoms with E-state index >= 15 is 0 Å². The Hall–Kier alpha value is -1.66. The highest BCUT2D eigenvalue weighted by Crippen LogP contribution is 2.33. The number of halogens is 2. The molecule has 2 fully saturated rings. The van der Waals surface area contributed by atoms with E-state index in [0.29, 0.717) is 18.6 Å². The number of nitrogens with zero attached hydrogens (tertiary/aromatic N) is 1. The topological polar surface area (TPSA) is 30.9 Å². The zero-order valence-electron chi connectivity index (χ0n) is 25.3. The van der Waals surface area contributed by atoms with Crippen LogP contribution in [0.3, 0.4) is 0 Å². The monoisotopic (exact) mass is 643 g/mol. The molecule has 2 saturated heterocycles. The van der Waals surface area contributed by atoms with Crippen LogP contribution in [0.25, 0.3) is 0 Å². The summed E-state index contributed by atoms with van der Waals surface area (Å²) in [6.45, 7) is 8.92. The minimum atomic E-state index is -0.211. The molecule has 1 unspecified atom stereocenters. The number of thiol groups is 1. The Morgan fingerprint density at radius 2 is 1.84 bits per heavy atom. The lowest BCUT2D eigenvalue weighted by atomic mass is 9.96. The van der Waals surface area contributed by atoms with Gasteiger partial charge in [-0.2, -0.15) is 0 Å². The third-order valence-corrected chi connectivity index (χ3v) is 9.47. The Morgan fingerprint density at radius 3 is 2.53 bits per heavy atom. The summed E-state index contributed by atoms with van der Waals surface area (Å²) < 4.78 is 32.5. The van der Waals surface area contributed by atoms with Crippen LogP contribution in [-0.2, 0) is 15.9 Å². The van der Waals surface area contributed by atoms with Crippen LogP contribution in [0.1, 0.15) is 80.9 Å². The van der Waals surface area contributed by atoms with Crippen molar-refractivity contribution in [3.8, 4) is 5.75 Å². The van der Waals surface area contributed by atoms with Crippen molar-refractivity contribution >= 4 is 38.8 Å². The third kappa shape index (κ3) is 8.96. The van der Waals surface area contributed by atoms with Crippen LogP contribution in [0.15, 0.2) is 60.7 Å². The maximum atomic E-state index is 13.8. The summed E-state index contributed by atoms with van der Waals surface area (Å²) in [7, 11) is 2.70. The molecule has 6 atom stereocenters. The molecule has 232 valence electrons. The molecule has 0 spiro atoms. The average Bonchev–Trinajstić information content (AvgIpc) is 3.44. The van der Waals surface area contributed by atoms with Gasteiger partial charge in [-0.1, -0.05) is 55.8 Å². The fourth-order valence-corrected chi connectivity index (χ4v) is 6.94. The van der Waals surface area contributed by atoms with Gasteiger partial charge in [0.2, 0.25) is 0 Å². The van der Waals surface area contributed by atoms with Crippen molar-refractivity contribution < 1.29 is 18.6 Å². The lowest BCUT2D eigenvalue weighted by Gasteiger charge is -2.35. The van der Waals surface area contributed by atoms with E-state index in [0.717, 1.165) is 78.0 Å². The molecule has 4 nitrogen and oxygen atoms in total. The van der Waals surface area contributed by atoms with E-state index in [1.807, 2.05) is 13.0 Å². The summed E-state index contributed by atoms with van der Waals surface area (Å²) in [5, 5.41) is 1.77. The number of benzene rings is 3. The predicted octanol–water partition coefficient (Wildman–Crippen LogP) is 8.32. The zero-order chi connectivity index (χ0) is 30.5. The molecule has 5 rings (SSSR count). The van der Waals surface area contributed by atoms with Gasteiger partial charge < -0.3 is 14.2 Å². The first kappa shape index (κ1) is 32.7. The van der Waals surface area contributed by atoms with Crippen molar-refractivity contribution in [3.05, 3.63) is 93.8 Å². The summed E-state index contributed by atoms with van der Waals surface area (Å²) in [4.78, 5) is 2.49. The van der Waals surface area contributed by atoms with Crippen molar-refractivity contribution in [1.82, 2.24) is 4.90 Å². The van der Waals surface area contributed by atoms with Gasteiger partial charge in [0.05, 0.1) is 24.3 Å². The van der Waals surface area contributed by atoms with Crippen LogP contribution in [0.2, 0.25) is 5.02 Å². The van der Waals surface area contributed by atoms with E-state index in [2.05, 4.69) is 77.0 Å². The van der Waals surface area contributed by atoms with Crippen molar-refractivity contribution in [2.45, 2.75) is 82.7 Å². The Morgan fingerprint density at radius 1 is 1.05 bits per heavy atom. The first-order valence-corrected chi connectivity index (χ1v) is 16.9. The Bertz CT molecular complexity index is 1340. The minimum Gasteiger partial charge on any atom is -0.489 e. The van der Waals surface area contributed by atoms with Crippen LogP contribution in [0.5, 0.6) is 5.75 Å². The van der Waals surface area contributed by atoms with E-state index in [1.165, 1.54) is 11.6 Å². The van der Waals surface area contributed by atoms with E-state index in [9.17, 15) is 4.39 Å². The molecule has 0 aromatic heterocycles. The predicted molar refractivity (Wildman–Crippen MR) is 180 cm³/mol. The number of hydrogen-bond donors (Lipinski definition) is 1. The molecule has 8 heteroatoms. The lowest BCUT2D eigenvalue weighted by molar-refractivity contribution is -0.0342. The molecular formula is C35H44ClFNO3PS. The molecule has 2 aliphatic rings. The van der Waals surface area contributed by atoms with Crippen molar-refractivity contribution in [2.75, 3.05) is 19.7 Å². The Labute approximate surface area is 269 Å². The first-order chi connectivity index (χ1) is 20.6. The van der Waals surface area contributed by atoms with E-state index < -0.39 is 0 Å². The maximum Gasteiger partial charge on any atom is 0.123 e. The van der Waals surface area contributed by atoms with Crippen molar-refractivity contribution in [3.63, 3.8) is 0 Å². The fourth-order valence-electron chi connectivity index (χ4n) is 6.24. The van der Waals surface area contributed by atoms with Gasteiger partial charge in [-0.15, -0.1) is 21.9 Å². The normalized spacial score (nSPS) is 22.6. The van der Waals surface area contributed by atoms with Gasteiger partial charge in [0, 0.05) is 24.2 Å². The van der Waals surface area contributed by atoms with Gasteiger partial charge in [0.1, 0.15) is 17.7 Å². The molecule has 0 saturated carbocycles. The standard InChI is InChI=1S/C35H44ClFNO3PS/c1-22(2)16-34(40-23(3)43)25-6-11-32(36)26(18-25)17-24-4-9-29(10-5-24)41-30-14-15-38(20-30)28-8-12-33(39-21-28)31-19-27(37)7-13-35(31)42/h4-7,9-11,13,18-19,22-23,28,30,33-34,43H,8,12,14-17,20-21,42H2,1-3H3/t23-,28+,30-,33+,34-/m1/s1. The quantitative estimate of drug-likeness (QED) is 0.129. The van der Waals surface area contributed by atoms with Crippen LogP contribution in [0, 0.1) is 11.7 Å². The third-order valence-electron chi connectivity index (χ3n) is 8.45. The smallest absolute Gasteiger partial charge is 0.123 e. The Balaban J connectivity index is 1.13. The zero-order valence-corrected chi connectivity index (χ0v) is 28.2. The van der Waals surface area contributed by atoms with Gasteiger partial charge in [0.25, 0.3) is 0 Å². The second-order valence-corrected chi connectivity index (χ2v) is 14.1. The van der Waals surface area contributed by atoms with Crippen LogP contribution < -0.4 is 10.0 Å². The highest BCUT2D eigenvalue weighted by molar-refractivity contribution is 7.80. The van der Waals surface area contributed by atoms with Crippen LogP contribution in [-0.4, -0.2) is 42.2 Å². The molecule has 3 aromatic rings. The fraction of sp³-hybridized carbons (Fsp3) is 0.486. The molecule has 2 aliphatic heterocycles. The SMILES string of the molecule is CC(C)C[C@@H](O[C@@H](C)S)c1ccc(Cl)c(Cc2ccc(O[C@@H]3CCN([C@H]4CC[C@@H](c5cc(F)ccc5P)OC4)C3)cc2)c1. The minimum absolute atomic E-state index is 0.0106. The van der Waals surface area contributed by atoms with Crippen molar-refractivity contribution in [1.29, 1.82) is 0 Å². The molecule has 0 aliphatic carbocycles. The van der Waals surface area contributed by atoms with Gasteiger partial charge in [-0.3, -0.25) is 4.90 Å². The summed E-state index contributed by atoms with van der Waals surface area (Å²) in [5.41, 5.74) is 4.22. The molecular weight excluding hydrogens is 600 g/mol. The molecule has 0 amide bonds. The first-order valence-electron chi connectivity index (χ1n) is 15.4. The number of likely N-dealkylation sites (tertiary alicyclic amines) is 1. The average molecular weight is 644 g/mol. The Kier molecular flexibility index (Phi) is 11.5. The second-order valence-electron chi connectivity index (χ2n) is 12.4. The molecule has 43 heavy (non-hydrogen) atoms. The summed E-state index contributed by atoms with van der Waals surface area (Å²) in [6.07, 6.45) is 4.70. The number of hydrogen-bond acceptors (Lipinski definition) is 5. The highest BCUT2D eigenvalue weighted by Gasteiger charge is 2.33. The summed E-state index contributed by atoms with van der Waals surface area (Å²) in [5.74, 6) is 1.19. The van der Waals surface area contributed by atoms with Crippen molar-refractivity contribution in [2.24, 2.45) is 5.92 Å². The lowest BCUT2D eigenvalue weighted by Crippen LogP contribution is -2.41. The maximum absolute atomic E-state index is 13.8. The van der Waals surface area contributed by atoms with Gasteiger partial charge >= 0.3 is 0 Å². The summed E-state index contributed by atoms with van der Waals surface area (Å²) in [6, 6.07) is 19.9. The largest absolute Gasteiger partial charge is 0.489 e. The second kappa shape index (κ2) is 15.1. The van der Waals surface area contributed by atoms with Crippen LogP contribution in [0.4, 0.5) is 4.39 Å². The van der Waals surface area contributed by atoms with Gasteiger partial charge in [-0.25, -0.2) is 4.39 Å². The van der Waals surface area contributed by atoms with E-state index in [1.54, 1.807) is 12.1 Å². The molecule has 0 radical (unpaired) electrons. The van der Waals surface area contributed by atoms with Crippen LogP contribution >= 0.6 is 33.5 Å². The summed E-state index contributed by atoms with van der Waals surface area (Å²) >= 11 is 11.1. The van der Waals surface area contributed by atoms with Gasteiger partial charge in [0.15, 0.2) is 0 Å². The molecule has 0 bridgehead atoms. The highest BCUT2D eigenvalue weighted by atomic mass is 35.5. The van der Waals surface area contributed by atoms with E-state index in [4.69, 9.17) is 25.8 Å². The molecule has 2 heterocycles. The number of rotatable bonds is 11. The molecule has 3 aromatic carbocycles. The van der Waals surface area contributed by atoms with Gasteiger partial charge in [-0.05, 0) is 103 Å².